The molecular formula is C20H19N7OS. The number of aromatic nitrogens is 6. The molecular weight excluding hydrogens is 386 g/mol. The SMILES string of the molecule is C[C@H](Sc1nncn1C)c1cccc(-n2cc(-c3ccc(CN=O)cc3)nn2)c1. The number of benzene rings is 2. The molecule has 0 aliphatic heterocycles. The van der Waals surface area contributed by atoms with Gasteiger partial charge in [-0.1, -0.05) is 58.6 Å². The Bertz CT molecular complexity index is 1120. The van der Waals surface area contributed by atoms with Gasteiger partial charge in [-0.15, -0.1) is 15.3 Å². The van der Waals surface area contributed by atoms with Crippen LogP contribution < -0.4 is 0 Å². The van der Waals surface area contributed by atoms with Crippen LogP contribution in [0.1, 0.15) is 23.3 Å². The Kier molecular flexibility index (Phi) is 5.48. The van der Waals surface area contributed by atoms with Crippen molar-refractivity contribution < 1.29 is 0 Å². The maximum Gasteiger partial charge on any atom is 0.191 e. The van der Waals surface area contributed by atoms with E-state index in [2.05, 4.69) is 44.7 Å². The molecule has 4 rings (SSSR count). The highest BCUT2D eigenvalue weighted by Crippen LogP contribution is 2.33. The van der Waals surface area contributed by atoms with E-state index in [0.717, 1.165) is 27.7 Å². The molecule has 2 aromatic heterocycles. The summed E-state index contributed by atoms with van der Waals surface area (Å²) in [6.07, 6.45) is 3.59. The summed E-state index contributed by atoms with van der Waals surface area (Å²) in [5.41, 5.74) is 4.68. The highest BCUT2D eigenvalue weighted by molar-refractivity contribution is 7.99. The van der Waals surface area contributed by atoms with E-state index in [1.165, 1.54) is 5.56 Å². The lowest BCUT2D eigenvalue weighted by Crippen LogP contribution is -1.98. The molecule has 0 fully saturated rings. The molecule has 8 nitrogen and oxygen atoms in total. The van der Waals surface area contributed by atoms with Gasteiger partial charge in [-0.05, 0) is 30.2 Å². The normalized spacial score (nSPS) is 12.1. The number of thioether (sulfide) groups is 1. The van der Waals surface area contributed by atoms with E-state index in [1.807, 2.05) is 54.2 Å². The van der Waals surface area contributed by atoms with Crippen molar-refractivity contribution in [2.24, 2.45) is 12.2 Å². The zero-order chi connectivity index (χ0) is 20.2. The molecule has 0 N–H and O–H groups in total. The highest BCUT2D eigenvalue weighted by atomic mass is 32.2. The molecule has 1 atom stereocenters. The number of hydrogen-bond donors (Lipinski definition) is 0. The standard InChI is InChI=1S/C20H19N7OS/c1-14(29-20-24-21-13-26(20)2)17-4-3-5-18(10-17)27-12-19(23-25-27)16-8-6-15(7-9-16)11-22-28/h3-10,12-14H,11H2,1-2H3/t14-/m0/s1. The fraction of sp³-hybridized carbons (Fsp3) is 0.200. The highest BCUT2D eigenvalue weighted by Gasteiger charge is 2.13. The van der Waals surface area contributed by atoms with Gasteiger partial charge < -0.3 is 4.57 Å². The zero-order valence-electron chi connectivity index (χ0n) is 16.0. The molecule has 0 radical (unpaired) electrons. The largest absolute Gasteiger partial charge is 0.312 e. The van der Waals surface area contributed by atoms with Crippen LogP contribution in [0.15, 0.2) is 71.4 Å². The maximum absolute atomic E-state index is 10.4. The quantitative estimate of drug-likeness (QED) is 0.338. The molecule has 29 heavy (non-hydrogen) atoms. The van der Waals surface area contributed by atoms with Crippen LogP contribution >= 0.6 is 11.8 Å². The van der Waals surface area contributed by atoms with Crippen molar-refractivity contribution in [2.45, 2.75) is 23.9 Å². The Morgan fingerprint density at radius 2 is 1.97 bits per heavy atom. The molecule has 2 heterocycles. The van der Waals surface area contributed by atoms with Crippen molar-refractivity contribution in [3.05, 3.63) is 77.1 Å². The van der Waals surface area contributed by atoms with Crippen LogP contribution in [0.25, 0.3) is 16.9 Å². The fourth-order valence-corrected chi connectivity index (χ4v) is 3.81. The van der Waals surface area contributed by atoms with Gasteiger partial charge in [0.1, 0.15) is 18.6 Å². The molecule has 0 saturated carbocycles. The van der Waals surface area contributed by atoms with Gasteiger partial charge >= 0.3 is 0 Å². The lowest BCUT2D eigenvalue weighted by molar-refractivity contribution is 0.784. The number of hydrogen-bond acceptors (Lipinski definition) is 7. The summed E-state index contributed by atoms with van der Waals surface area (Å²) >= 11 is 1.66. The second-order valence-electron chi connectivity index (χ2n) is 6.61. The average Bonchev–Trinajstić information content (AvgIpc) is 3.39. The van der Waals surface area contributed by atoms with Crippen LogP contribution in [-0.4, -0.2) is 29.8 Å². The summed E-state index contributed by atoms with van der Waals surface area (Å²) in [7, 11) is 1.93. The van der Waals surface area contributed by atoms with Crippen LogP contribution in [-0.2, 0) is 13.6 Å². The predicted molar refractivity (Wildman–Crippen MR) is 112 cm³/mol. The fourth-order valence-electron chi connectivity index (χ4n) is 2.90. The van der Waals surface area contributed by atoms with Gasteiger partial charge in [0.2, 0.25) is 0 Å². The van der Waals surface area contributed by atoms with Gasteiger partial charge in [-0.25, -0.2) is 4.68 Å². The van der Waals surface area contributed by atoms with Gasteiger partial charge in [0.15, 0.2) is 5.16 Å². The van der Waals surface area contributed by atoms with Gasteiger partial charge in [-0.2, -0.15) is 4.91 Å². The van der Waals surface area contributed by atoms with E-state index < -0.39 is 0 Å². The Hall–Kier alpha value is -3.33. The van der Waals surface area contributed by atoms with E-state index >= 15 is 0 Å². The smallest absolute Gasteiger partial charge is 0.191 e. The van der Waals surface area contributed by atoms with Crippen molar-refractivity contribution in [2.75, 3.05) is 0 Å². The van der Waals surface area contributed by atoms with Crippen molar-refractivity contribution in [1.82, 2.24) is 29.8 Å². The third kappa shape index (κ3) is 4.24. The van der Waals surface area contributed by atoms with Crippen LogP contribution in [0.2, 0.25) is 0 Å². The first-order valence-electron chi connectivity index (χ1n) is 9.06. The third-order valence-electron chi connectivity index (χ3n) is 4.55. The molecule has 0 unspecified atom stereocenters. The molecule has 0 aliphatic rings. The Labute approximate surface area is 172 Å². The summed E-state index contributed by atoms with van der Waals surface area (Å²) in [6, 6.07) is 15.8. The van der Waals surface area contributed by atoms with E-state index in [4.69, 9.17) is 0 Å². The first-order chi connectivity index (χ1) is 14.1. The minimum absolute atomic E-state index is 0.171. The van der Waals surface area contributed by atoms with Crippen molar-refractivity contribution >= 4 is 11.8 Å². The van der Waals surface area contributed by atoms with E-state index in [9.17, 15) is 4.91 Å². The third-order valence-corrected chi connectivity index (χ3v) is 5.75. The zero-order valence-corrected chi connectivity index (χ0v) is 16.8. The minimum atomic E-state index is 0.171. The van der Waals surface area contributed by atoms with Gasteiger partial charge in [0.05, 0.1) is 11.9 Å². The van der Waals surface area contributed by atoms with Gasteiger partial charge in [0.25, 0.3) is 0 Å². The lowest BCUT2D eigenvalue weighted by Gasteiger charge is -2.12. The summed E-state index contributed by atoms with van der Waals surface area (Å²) < 4.78 is 3.67. The summed E-state index contributed by atoms with van der Waals surface area (Å²) in [4.78, 5) is 10.4. The first kappa shape index (κ1) is 19.0. The topological polar surface area (TPSA) is 90.8 Å². The summed E-state index contributed by atoms with van der Waals surface area (Å²) in [6.45, 7) is 2.31. The number of nitrogens with zero attached hydrogens (tertiary/aromatic N) is 7. The minimum Gasteiger partial charge on any atom is -0.312 e. The summed E-state index contributed by atoms with van der Waals surface area (Å²) in [5.74, 6) is 0. The number of nitroso groups, excluding NO2 is 1. The second kappa shape index (κ2) is 8.36. The second-order valence-corrected chi connectivity index (χ2v) is 7.92. The lowest BCUT2D eigenvalue weighted by atomic mass is 10.1. The van der Waals surface area contributed by atoms with Crippen molar-refractivity contribution in [3.63, 3.8) is 0 Å². The molecule has 0 spiro atoms. The van der Waals surface area contributed by atoms with Gasteiger partial charge in [-0.3, -0.25) is 0 Å². The van der Waals surface area contributed by atoms with E-state index in [0.29, 0.717) is 0 Å². The number of aryl methyl sites for hydroxylation is 1. The summed E-state index contributed by atoms with van der Waals surface area (Å²) in [5, 5.41) is 20.6. The first-order valence-corrected chi connectivity index (χ1v) is 9.94. The van der Waals surface area contributed by atoms with E-state index in [1.54, 1.807) is 22.8 Å². The Morgan fingerprint density at radius 3 is 2.69 bits per heavy atom. The Balaban J connectivity index is 1.54. The van der Waals surface area contributed by atoms with Crippen LogP contribution in [0.4, 0.5) is 0 Å². The van der Waals surface area contributed by atoms with Crippen LogP contribution in [0, 0.1) is 4.91 Å². The molecule has 0 aliphatic carbocycles. The monoisotopic (exact) mass is 405 g/mol. The number of rotatable bonds is 7. The molecule has 146 valence electrons. The molecule has 0 saturated heterocycles. The van der Waals surface area contributed by atoms with Crippen LogP contribution in [0.5, 0.6) is 0 Å². The average molecular weight is 405 g/mol. The molecule has 9 heteroatoms. The molecule has 2 aromatic carbocycles. The van der Waals surface area contributed by atoms with Crippen LogP contribution in [0.3, 0.4) is 0 Å². The predicted octanol–water partition coefficient (Wildman–Crippen LogP) is 4.18. The van der Waals surface area contributed by atoms with E-state index in [-0.39, 0.29) is 11.8 Å². The molecule has 0 bridgehead atoms. The molecule has 0 amide bonds. The van der Waals surface area contributed by atoms with Crippen molar-refractivity contribution in [3.8, 4) is 16.9 Å². The molecule has 4 aromatic rings. The van der Waals surface area contributed by atoms with Crippen molar-refractivity contribution in [1.29, 1.82) is 0 Å². The Morgan fingerprint density at radius 1 is 1.14 bits per heavy atom. The maximum atomic E-state index is 10.4. The van der Waals surface area contributed by atoms with Gasteiger partial charge in [0, 0.05) is 17.9 Å².